The first-order chi connectivity index (χ1) is 9.17. The highest BCUT2D eigenvalue weighted by Gasteiger charge is 2.32. The Morgan fingerprint density at radius 3 is 2.95 bits per heavy atom. The van der Waals surface area contributed by atoms with Crippen molar-refractivity contribution in [2.24, 2.45) is 5.84 Å². The zero-order chi connectivity index (χ0) is 13.8. The lowest BCUT2D eigenvalue weighted by molar-refractivity contribution is 0.0840. The molecule has 19 heavy (non-hydrogen) atoms. The molecule has 7 nitrogen and oxygen atoms in total. The van der Waals surface area contributed by atoms with Gasteiger partial charge in [0.25, 0.3) is 0 Å². The third-order valence-corrected chi connectivity index (χ3v) is 3.82. The number of rotatable bonds is 5. The molecule has 2 heterocycles. The maximum Gasteiger partial charge on any atom is 0.146 e. The van der Waals surface area contributed by atoms with Gasteiger partial charge in [-0.25, -0.2) is 15.1 Å². The van der Waals surface area contributed by atoms with Crippen molar-refractivity contribution in [3.05, 3.63) is 12.2 Å². The van der Waals surface area contributed by atoms with Crippen LogP contribution in [-0.4, -0.2) is 64.3 Å². The van der Waals surface area contributed by atoms with Gasteiger partial charge in [-0.3, -0.25) is 10.7 Å². The Labute approximate surface area is 114 Å². The van der Waals surface area contributed by atoms with Crippen LogP contribution in [0.25, 0.3) is 0 Å². The van der Waals surface area contributed by atoms with Crippen LogP contribution in [0.2, 0.25) is 0 Å². The quantitative estimate of drug-likeness (QED) is 0.550. The summed E-state index contributed by atoms with van der Waals surface area (Å²) in [5, 5.41) is 4.29. The van der Waals surface area contributed by atoms with Crippen molar-refractivity contribution >= 4 is 0 Å². The lowest BCUT2D eigenvalue weighted by Crippen LogP contribution is -2.56. The van der Waals surface area contributed by atoms with Crippen LogP contribution in [0, 0.1) is 0 Å². The Bertz CT molecular complexity index is 391. The Balaban J connectivity index is 2.20. The first kappa shape index (κ1) is 14.4. The monoisotopic (exact) mass is 267 g/mol. The number of aromatic nitrogens is 3. The van der Waals surface area contributed by atoms with E-state index in [1.165, 1.54) is 0 Å². The van der Waals surface area contributed by atoms with Gasteiger partial charge in [-0.1, -0.05) is 6.92 Å². The number of hydrazine groups is 1. The Hall–Kier alpha value is -1.02. The molecule has 1 aromatic rings. The van der Waals surface area contributed by atoms with Crippen molar-refractivity contribution in [3.8, 4) is 0 Å². The van der Waals surface area contributed by atoms with Crippen LogP contribution in [0.1, 0.15) is 25.2 Å². The van der Waals surface area contributed by atoms with E-state index >= 15 is 0 Å². The Morgan fingerprint density at radius 1 is 1.47 bits per heavy atom. The van der Waals surface area contributed by atoms with Gasteiger partial charge in [-0.2, -0.15) is 5.10 Å². The van der Waals surface area contributed by atoms with Crippen molar-refractivity contribution in [1.82, 2.24) is 30.0 Å². The van der Waals surface area contributed by atoms with E-state index in [9.17, 15) is 0 Å². The van der Waals surface area contributed by atoms with Crippen LogP contribution in [0.4, 0.5) is 0 Å². The minimum absolute atomic E-state index is 0.00167. The molecule has 1 fully saturated rings. The van der Waals surface area contributed by atoms with Gasteiger partial charge in [-0.15, -0.1) is 0 Å². The largest absolute Gasteiger partial charge is 0.303 e. The van der Waals surface area contributed by atoms with Crippen LogP contribution < -0.4 is 11.3 Å². The molecular formula is C12H25N7. The highest BCUT2D eigenvalue weighted by Crippen LogP contribution is 2.21. The number of nitrogens with two attached hydrogens (primary N) is 1. The molecule has 1 aliphatic rings. The number of hydrogen-bond donors (Lipinski definition) is 2. The van der Waals surface area contributed by atoms with Crippen LogP contribution in [0.15, 0.2) is 6.33 Å². The van der Waals surface area contributed by atoms with Gasteiger partial charge in [0.05, 0.1) is 6.04 Å². The molecule has 2 unspecified atom stereocenters. The predicted molar refractivity (Wildman–Crippen MR) is 74.3 cm³/mol. The normalized spacial score (nSPS) is 23.7. The maximum absolute atomic E-state index is 5.79. The van der Waals surface area contributed by atoms with E-state index in [0.717, 1.165) is 38.4 Å². The van der Waals surface area contributed by atoms with E-state index in [1.54, 1.807) is 6.33 Å². The molecule has 0 bridgehead atoms. The smallest absolute Gasteiger partial charge is 0.146 e. The molecule has 2 atom stereocenters. The molecule has 0 aromatic carbocycles. The SMILES string of the molecule is CCCn1ncnc1C(NN)C1CN(C)CCN1C. The number of nitrogens with zero attached hydrogens (tertiary/aromatic N) is 5. The molecule has 7 heteroatoms. The lowest BCUT2D eigenvalue weighted by atomic mass is 10.0. The molecule has 3 N–H and O–H groups in total. The fourth-order valence-electron chi connectivity index (χ4n) is 2.66. The summed E-state index contributed by atoms with van der Waals surface area (Å²) in [5.74, 6) is 6.72. The second kappa shape index (κ2) is 6.42. The fourth-order valence-corrected chi connectivity index (χ4v) is 2.66. The van der Waals surface area contributed by atoms with Crippen LogP contribution in [0.3, 0.4) is 0 Å². The summed E-state index contributed by atoms with van der Waals surface area (Å²) in [6.45, 7) is 6.12. The van der Waals surface area contributed by atoms with E-state index < -0.39 is 0 Å². The van der Waals surface area contributed by atoms with Crippen molar-refractivity contribution in [3.63, 3.8) is 0 Å². The van der Waals surface area contributed by atoms with Gasteiger partial charge in [-0.05, 0) is 20.5 Å². The van der Waals surface area contributed by atoms with Gasteiger partial charge in [0.15, 0.2) is 0 Å². The van der Waals surface area contributed by atoms with Crippen molar-refractivity contribution in [2.75, 3.05) is 33.7 Å². The molecule has 1 saturated heterocycles. The van der Waals surface area contributed by atoms with Crippen molar-refractivity contribution < 1.29 is 0 Å². The van der Waals surface area contributed by atoms with Crippen LogP contribution in [0.5, 0.6) is 0 Å². The van der Waals surface area contributed by atoms with Crippen molar-refractivity contribution in [2.45, 2.75) is 32.0 Å². The lowest BCUT2D eigenvalue weighted by Gasteiger charge is -2.41. The first-order valence-corrected chi connectivity index (χ1v) is 6.90. The molecule has 0 aliphatic carbocycles. The molecular weight excluding hydrogens is 242 g/mol. The van der Waals surface area contributed by atoms with E-state index in [1.807, 2.05) is 4.68 Å². The number of piperazine rings is 1. The number of nitrogens with one attached hydrogen (secondary N) is 1. The minimum Gasteiger partial charge on any atom is -0.303 e. The Morgan fingerprint density at radius 2 is 2.26 bits per heavy atom. The topological polar surface area (TPSA) is 75.2 Å². The average Bonchev–Trinajstić information content (AvgIpc) is 2.83. The van der Waals surface area contributed by atoms with E-state index in [4.69, 9.17) is 5.84 Å². The number of aryl methyl sites for hydroxylation is 1. The second-order valence-corrected chi connectivity index (χ2v) is 5.30. The standard InChI is InChI=1S/C12H25N7/c1-4-5-19-12(14-9-15-19)11(16-13)10-8-17(2)6-7-18(10)3/h9-11,16H,4-8,13H2,1-3H3. The van der Waals surface area contributed by atoms with E-state index in [-0.39, 0.29) is 6.04 Å². The summed E-state index contributed by atoms with van der Waals surface area (Å²) in [6, 6.07) is 0.311. The summed E-state index contributed by atoms with van der Waals surface area (Å²) >= 11 is 0. The minimum atomic E-state index is 0.00167. The first-order valence-electron chi connectivity index (χ1n) is 6.90. The second-order valence-electron chi connectivity index (χ2n) is 5.30. The fraction of sp³-hybridized carbons (Fsp3) is 0.833. The Kier molecular flexibility index (Phi) is 4.87. The van der Waals surface area contributed by atoms with Gasteiger partial charge >= 0.3 is 0 Å². The average molecular weight is 267 g/mol. The number of hydrogen-bond acceptors (Lipinski definition) is 6. The molecule has 0 spiro atoms. The molecule has 108 valence electrons. The summed E-state index contributed by atoms with van der Waals surface area (Å²) < 4.78 is 1.95. The molecule has 0 amide bonds. The molecule has 2 rings (SSSR count). The molecule has 0 radical (unpaired) electrons. The third-order valence-electron chi connectivity index (χ3n) is 3.82. The third kappa shape index (κ3) is 3.11. The highest BCUT2D eigenvalue weighted by atomic mass is 15.4. The molecule has 1 aromatic heterocycles. The van der Waals surface area contributed by atoms with Crippen LogP contribution >= 0.6 is 0 Å². The molecule has 1 aliphatic heterocycles. The summed E-state index contributed by atoms with van der Waals surface area (Å²) in [6.07, 6.45) is 2.65. The van der Waals surface area contributed by atoms with Crippen LogP contribution in [-0.2, 0) is 6.54 Å². The van der Waals surface area contributed by atoms with E-state index in [0.29, 0.717) is 6.04 Å². The predicted octanol–water partition coefficient (Wildman–Crippen LogP) is -0.562. The summed E-state index contributed by atoms with van der Waals surface area (Å²) in [7, 11) is 4.28. The van der Waals surface area contributed by atoms with Gasteiger partial charge < -0.3 is 4.90 Å². The highest BCUT2D eigenvalue weighted by molar-refractivity contribution is 5.02. The zero-order valence-electron chi connectivity index (χ0n) is 12.1. The van der Waals surface area contributed by atoms with Gasteiger partial charge in [0.2, 0.25) is 0 Å². The van der Waals surface area contributed by atoms with E-state index in [2.05, 4.69) is 46.3 Å². The molecule has 0 saturated carbocycles. The zero-order valence-corrected chi connectivity index (χ0v) is 12.1. The van der Waals surface area contributed by atoms with Gasteiger partial charge in [0, 0.05) is 32.2 Å². The van der Waals surface area contributed by atoms with Crippen molar-refractivity contribution in [1.29, 1.82) is 0 Å². The maximum atomic E-state index is 5.79. The van der Waals surface area contributed by atoms with Gasteiger partial charge in [0.1, 0.15) is 12.2 Å². The number of likely N-dealkylation sites (N-methyl/N-ethyl adjacent to an activating group) is 2. The summed E-state index contributed by atoms with van der Waals surface area (Å²) in [4.78, 5) is 9.08. The summed E-state index contributed by atoms with van der Waals surface area (Å²) in [5.41, 5.74) is 2.93.